The minimum atomic E-state index is -0.161. The van der Waals surface area contributed by atoms with Crippen molar-refractivity contribution in [1.29, 1.82) is 0 Å². The Kier molecular flexibility index (Phi) is 4.03. The van der Waals surface area contributed by atoms with Crippen molar-refractivity contribution in [2.24, 2.45) is 11.8 Å². The highest BCUT2D eigenvalue weighted by atomic mass is 19.1. The van der Waals surface area contributed by atoms with Gasteiger partial charge in [0.2, 0.25) is 0 Å². The zero-order valence-corrected chi connectivity index (χ0v) is 11.4. The average Bonchev–Trinajstić information content (AvgIpc) is 2.26. The van der Waals surface area contributed by atoms with Crippen LogP contribution in [0.5, 0.6) is 0 Å². The van der Waals surface area contributed by atoms with E-state index in [1.165, 1.54) is 6.07 Å². The van der Waals surface area contributed by atoms with Crippen LogP contribution in [0.25, 0.3) is 0 Å². The van der Waals surface area contributed by atoms with Gasteiger partial charge in [0, 0.05) is 5.41 Å². The topological polar surface area (TPSA) is 21.3 Å². The van der Waals surface area contributed by atoms with Crippen LogP contribution in [-0.2, 0) is 10.2 Å². The van der Waals surface area contributed by atoms with Crippen molar-refractivity contribution in [3.8, 4) is 0 Å². The molecule has 1 fully saturated rings. The maximum Gasteiger partial charge on any atom is 0.123 e. The quantitative estimate of drug-likeness (QED) is 0.868. The standard InChI is InChI=1S/C15H22FNO/c1-11(2)14(8-17-3)15(9-18-10-15)12-5-4-6-13(16)7-12/h4-7,11,14,17H,8-10H2,1-3H3. The van der Waals surface area contributed by atoms with Gasteiger partial charge >= 0.3 is 0 Å². The first kappa shape index (κ1) is 13.5. The van der Waals surface area contributed by atoms with Gasteiger partial charge in [0.1, 0.15) is 5.82 Å². The van der Waals surface area contributed by atoms with E-state index < -0.39 is 0 Å². The first-order chi connectivity index (χ1) is 8.60. The lowest BCUT2D eigenvalue weighted by molar-refractivity contribution is -0.0996. The summed E-state index contributed by atoms with van der Waals surface area (Å²) in [5, 5.41) is 3.26. The highest BCUT2D eigenvalue weighted by Crippen LogP contribution is 2.42. The van der Waals surface area contributed by atoms with E-state index in [0.29, 0.717) is 25.0 Å². The third-order valence-electron chi connectivity index (χ3n) is 4.06. The second-order valence-corrected chi connectivity index (χ2v) is 5.57. The number of rotatable bonds is 5. The van der Waals surface area contributed by atoms with Gasteiger partial charge < -0.3 is 10.1 Å². The smallest absolute Gasteiger partial charge is 0.123 e. The summed E-state index contributed by atoms with van der Waals surface area (Å²) in [5.74, 6) is 0.827. The van der Waals surface area contributed by atoms with E-state index in [-0.39, 0.29) is 11.2 Å². The first-order valence-electron chi connectivity index (χ1n) is 6.58. The largest absolute Gasteiger partial charge is 0.379 e. The van der Waals surface area contributed by atoms with Crippen molar-refractivity contribution in [2.75, 3.05) is 26.8 Å². The molecule has 0 aliphatic carbocycles. The Morgan fingerprint density at radius 2 is 2.11 bits per heavy atom. The fourth-order valence-corrected chi connectivity index (χ4v) is 3.00. The number of nitrogens with one attached hydrogen (secondary N) is 1. The average molecular weight is 251 g/mol. The second-order valence-electron chi connectivity index (χ2n) is 5.57. The van der Waals surface area contributed by atoms with E-state index in [9.17, 15) is 4.39 Å². The maximum absolute atomic E-state index is 13.5. The predicted molar refractivity (Wildman–Crippen MR) is 71.2 cm³/mol. The molecule has 0 spiro atoms. The lowest BCUT2D eigenvalue weighted by atomic mass is 9.64. The fraction of sp³-hybridized carbons (Fsp3) is 0.600. The molecule has 0 aromatic heterocycles. The van der Waals surface area contributed by atoms with Gasteiger partial charge in [-0.15, -0.1) is 0 Å². The van der Waals surface area contributed by atoms with Crippen LogP contribution in [0.1, 0.15) is 19.4 Å². The maximum atomic E-state index is 13.5. The third kappa shape index (κ3) is 2.29. The van der Waals surface area contributed by atoms with Gasteiger partial charge in [-0.05, 0) is 43.1 Å². The molecule has 0 amide bonds. The van der Waals surface area contributed by atoms with Crippen LogP contribution in [0.15, 0.2) is 24.3 Å². The monoisotopic (exact) mass is 251 g/mol. The van der Waals surface area contributed by atoms with E-state index in [2.05, 4.69) is 19.2 Å². The third-order valence-corrected chi connectivity index (χ3v) is 4.06. The van der Waals surface area contributed by atoms with E-state index >= 15 is 0 Å². The molecule has 2 rings (SSSR count). The zero-order valence-electron chi connectivity index (χ0n) is 11.4. The SMILES string of the molecule is CNCC(C(C)C)C1(c2cccc(F)c2)COC1. The molecular weight excluding hydrogens is 229 g/mol. The molecule has 1 aliphatic rings. The van der Waals surface area contributed by atoms with Crippen molar-refractivity contribution in [2.45, 2.75) is 19.3 Å². The highest BCUT2D eigenvalue weighted by molar-refractivity contribution is 5.30. The molecule has 2 nitrogen and oxygen atoms in total. The molecule has 1 N–H and O–H groups in total. The molecule has 0 radical (unpaired) electrons. The highest BCUT2D eigenvalue weighted by Gasteiger charge is 2.47. The molecule has 1 unspecified atom stereocenters. The van der Waals surface area contributed by atoms with E-state index in [1.807, 2.05) is 13.1 Å². The first-order valence-corrected chi connectivity index (χ1v) is 6.58. The van der Waals surface area contributed by atoms with Crippen LogP contribution in [-0.4, -0.2) is 26.8 Å². The summed E-state index contributed by atoms with van der Waals surface area (Å²) in [7, 11) is 1.97. The fourth-order valence-electron chi connectivity index (χ4n) is 3.00. The van der Waals surface area contributed by atoms with Gasteiger partial charge in [-0.3, -0.25) is 0 Å². The minimum Gasteiger partial charge on any atom is -0.379 e. The van der Waals surface area contributed by atoms with Gasteiger partial charge in [-0.1, -0.05) is 26.0 Å². The van der Waals surface area contributed by atoms with Gasteiger partial charge in [0.15, 0.2) is 0 Å². The lowest BCUT2D eigenvalue weighted by Crippen LogP contribution is -2.56. The number of halogens is 1. The molecule has 3 heteroatoms. The molecule has 1 aromatic carbocycles. The van der Waals surface area contributed by atoms with Crippen LogP contribution in [0.2, 0.25) is 0 Å². The van der Waals surface area contributed by atoms with E-state index in [1.54, 1.807) is 12.1 Å². The minimum absolute atomic E-state index is 0.0285. The Bertz CT molecular complexity index is 401. The Labute approximate surface area is 109 Å². The van der Waals surface area contributed by atoms with Crippen molar-refractivity contribution in [1.82, 2.24) is 5.32 Å². The van der Waals surface area contributed by atoms with Crippen molar-refractivity contribution >= 4 is 0 Å². The van der Waals surface area contributed by atoms with Gasteiger partial charge in [0.25, 0.3) is 0 Å². The van der Waals surface area contributed by atoms with Crippen LogP contribution in [0, 0.1) is 17.7 Å². The number of hydrogen-bond acceptors (Lipinski definition) is 2. The normalized spacial score (nSPS) is 19.6. The van der Waals surface area contributed by atoms with Crippen molar-refractivity contribution < 1.29 is 9.13 Å². The zero-order chi connectivity index (χ0) is 13.2. The Balaban J connectivity index is 2.34. The Hall–Kier alpha value is -0.930. The van der Waals surface area contributed by atoms with Crippen LogP contribution >= 0.6 is 0 Å². The molecular formula is C15H22FNO. The Morgan fingerprint density at radius 3 is 2.56 bits per heavy atom. The Morgan fingerprint density at radius 1 is 1.39 bits per heavy atom. The summed E-state index contributed by atoms with van der Waals surface area (Å²) in [6, 6.07) is 6.98. The van der Waals surface area contributed by atoms with Crippen LogP contribution in [0.4, 0.5) is 4.39 Å². The summed E-state index contributed by atoms with van der Waals surface area (Å²) < 4.78 is 18.9. The van der Waals surface area contributed by atoms with Crippen molar-refractivity contribution in [3.05, 3.63) is 35.6 Å². The van der Waals surface area contributed by atoms with Gasteiger partial charge in [0.05, 0.1) is 13.2 Å². The molecule has 0 saturated carbocycles. The summed E-state index contributed by atoms with van der Waals surface area (Å²) in [6.45, 7) is 6.77. The van der Waals surface area contributed by atoms with Crippen molar-refractivity contribution in [3.63, 3.8) is 0 Å². The molecule has 100 valence electrons. The number of ether oxygens (including phenoxy) is 1. The number of benzene rings is 1. The lowest BCUT2D eigenvalue weighted by Gasteiger charge is -2.49. The predicted octanol–water partition coefficient (Wildman–Crippen LogP) is 2.59. The molecule has 0 bridgehead atoms. The molecule has 1 aromatic rings. The summed E-state index contributed by atoms with van der Waals surface area (Å²) >= 11 is 0. The molecule has 1 aliphatic heterocycles. The molecule has 1 saturated heterocycles. The van der Waals surface area contributed by atoms with Gasteiger partial charge in [-0.25, -0.2) is 4.39 Å². The second kappa shape index (κ2) is 5.37. The summed E-state index contributed by atoms with van der Waals surface area (Å²) in [6.07, 6.45) is 0. The van der Waals surface area contributed by atoms with E-state index in [4.69, 9.17) is 4.74 Å². The van der Waals surface area contributed by atoms with Crippen LogP contribution < -0.4 is 5.32 Å². The number of hydrogen-bond donors (Lipinski definition) is 1. The molecule has 1 atom stereocenters. The molecule has 1 heterocycles. The molecule has 18 heavy (non-hydrogen) atoms. The summed E-state index contributed by atoms with van der Waals surface area (Å²) in [4.78, 5) is 0. The summed E-state index contributed by atoms with van der Waals surface area (Å²) in [5.41, 5.74) is 1.04. The van der Waals surface area contributed by atoms with E-state index in [0.717, 1.165) is 12.1 Å². The van der Waals surface area contributed by atoms with Gasteiger partial charge in [-0.2, -0.15) is 0 Å². The van der Waals surface area contributed by atoms with Crippen LogP contribution in [0.3, 0.4) is 0 Å².